The molecule has 1 saturated carbocycles. The molecule has 2 heteroatoms. The van der Waals surface area contributed by atoms with E-state index < -0.39 is 0 Å². The number of nitrogens with one attached hydrogen (secondary N) is 1. The van der Waals surface area contributed by atoms with Gasteiger partial charge in [0.2, 0.25) is 0 Å². The van der Waals surface area contributed by atoms with Crippen LogP contribution in [0, 0.1) is 11.7 Å². The van der Waals surface area contributed by atoms with E-state index in [2.05, 4.69) is 5.32 Å². The van der Waals surface area contributed by atoms with Crippen molar-refractivity contribution < 1.29 is 4.39 Å². The SMILES string of the molecule is Fc1ccc([C@H]2C[C@H]3C[C@@H]2CN3)cc1. The highest BCUT2D eigenvalue weighted by atomic mass is 19.1. The van der Waals surface area contributed by atoms with E-state index in [-0.39, 0.29) is 5.82 Å². The molecule has 1 saturated heterocycles. The maximum Gasteiger partial charge on any atom is 0.123 e. The van der Waals surface area contributed by atoms with E-state index in [4.69, 9.17) is 0 Å². The lowest BCUT2D eigenvalue weighted by molar-refractivity contribution is 0.440. The minimum absolute atomic E-state index is 0.130. The van der Waals surface area contributed by atoms with E-state index in [0.29, 0.717) is 5.92 Å². The Hall–Kier alpha value is -0.890. The molecule has 1 heterocycles. The highest BCUT2D eigenvalue weighted by Crippen LogP contribution is 2.43. The summed E-state index contributed by atoms with van der Waals surface area (Å²) in [6.45, 7) is 1.15. The monoisotopic (exact) mass is 191 g/mol. The van der Waals surface area contributed by atoms with Crippen molar-refractivity contribution >= 4 is 0 Å². The molecule has 1 nitrogen and oxygen atoms in total. The molecule has 1 aliphatic heterocycles. The number of piperidine rings is 1. The smallest absolute Gasteiger partial charge is 0.123 e. The van der Waals surface area contributed by atoms with E-state index in [0.717, 1.165) is 18.5 Å². The minimum atomic E-state index is -0.130. The van der Waals surface area contributed by atoms with Gasteiger partial charge in [-0.1, -0.05) is 12.1 Å². The molecule has 1 aliphatic carbocycles. The lowest BCUT2D eigenvalue weighted by Crippen LogP contribution is -2.28. The van der Waals surface area contributed by atoms with Gasteiger partial charge in [-0.15, -0.1) is 0 Å². The highest BCUT2D eigenvalue weighted by molar-refractivity contribution is 5.24. The maximum atomic E-state index is 12.7. The highest BCUT2D eigenvalue weighted by Gasteiger charge is 2.39. The van der Waals surface area contributed by atoms with Crippen LogP contribution in [0.15, 0.2) is 24.3 Å². The van der Waals surface area contributed by atoms with Crippen LogP contribution >= 0.6 is 0 Å². The molecule has 1 aromatic rings. The number of benzene rings is 1. The lowest BCUT2D eigenvalue weighted by Gasteiger charge is -2.22. The molecule has 0 amide bonds. The molecule has 3 rings (SSSR count). The Balaban J connectivity index is 1.86. The van der Waals surface area contributed by atoms with E-state index in [1.165, 1.54) is 18.4 Å². The summed E-state index contributed by atoms with van der Waals surface area (Å²) >= 11 is 0. The summed E-state index contributed by atoms with van der Waals surface area (Å²) in [7, 11) is 0. The fraction of sp³-hybridized carbons (Fsp3) is 0.500. The average molecular weight is 191 g/mol. The van der Waals surface area contributed by atoms with Gasteiger partial charge >= 0.3 is 0 Å². The van der Waals surface area contributed by atoms with Crippen LogP contribution in [0.3, 0.4) is 0 Å². The van der Waals surface area contributed by atoms with E-state index >= 15 is 0 Å². The predicted octanol–water partition coefficient (Wildman–Crippen LogP) is 2.29. The Morgan fingerprint density at radius 2 is 1.93 bits per heavy atom. The van der Waals surface area contributed by atoms with Crippen molar-refractivity contribution in [2.75, 3.05) is 6.54 Å². The Bertz CT molecular complexity index is 333. The molecule has 0 spiro atoms. The van der Waals surface area contributed by atoms with Crippen LogP contribution in [0.1, 0.15) is 24.3 Å². The van der Waals surface area contributed by atoms with Crippen LogP contribution < -0.4 is 5.32 Å². The Labute approximate surface area is 83.3 Å². The van der Waals surface area contributed by atoms with Crippen LogP contribution in [0.4, 0.5) is 4.39 Å². The number of hydrogen-bond acceptors (Lipinski definition) is 1. The molecular weight excluding hydrogens is 177 g/mol. The van der Waals surface area contributed by atoms with Crippen LogP contribution in [-0.2, 0) is 0 Å². The van der Waals surface area contributed by atoms with Gasteiger partial charge in [0.15, 0.2) is 0 Å². The van der Waals surface area contributed by atoms with Crippen LogP contribution in [0.2, 0.25) is 0 Å². The van der Waals surface area contributed by atoms with Crippen LogP contribution in [0.5, 0.6) is 0 Å². The molecule has 74 valence electrons. The van der Waals surface area contributed by atoms with Crippen molar-refractivity contribution in [3.8, 4) is 0 Å². The zero-order valence-corrected chi connectivity index (χ0v) is 8.04. The minimum Gasteiger partial charge on any atom is -0.314 e. The number of fused-ring (bicyclic) bond motifs is 2. The summed E-state index contributed by atoms with van der Waals surface area (Å²) < 4.78 is 12.7. The van der Waals surface area contributed by atoms with Gasteiger partial charge in [-0.05, 0) is 48.9 Å². The molecule has 0 unspecified atom stereocenters. The molecule has 0 radical (unpaired) electrons. The molecule has 2 aliphatic rings. The fourth-order valence-corrected chi connectivity index (χ4v) is 2.95. The van der Waals surface area contributed by atoms with E-state index in [9.17, 15) is 4.39 Å². The summed E-state index contributed by atoms with van der Waals surface area (Å²) in [4.78, 5) is 0. The third-order valence-corrected chi connectivity index (χ3v) is 3.66. The van der Waals surface area contributed by atoms with Gasteiger partial charge < -0.3 is 5.32 Å². The van der Waals surface area contributed by atoms with Crippen LogP contribution in [-0.4, -0.2) is 12.6 Å². The molecule has 14 heavy (non-hydrogen) atoms. The van der Waals surface area contributed by atoms with Gasteiger partial charge in [-0.3, -0.25) is 0 Å². The van der Waals surface area contributed by atoms with Gasteiger partial charge in [-0.2, -0.15) is 0 Å². The van der Waals surface area contributed by atoms with Gasteiger partial charge in [0.25, 0.3) is 0 Å². The van der Waals surface area contributed by atoms with Crippen molar-refractivity contribution in [3.63, 3.8) is 0 Å². The summed E-state index contributed by atoms with van der Waals surface area (Å²) in [5, 5.41) is 3.49. The first-order valence-electron chi connectivity index (χ1n) is 5.32. The second kappa shape index (κ2) is 3.06. The number of hydrogen-bond donors (Lipinski definition) is 1. The molecule has 2 fully saturated rings. The second-order valence-electron chi connectivity index (χ2n) is 4.49. The second-order valence-corrected chi connectivity index (χ2v) is 4.49. The normalized spacial score (nSPS) is 35.1. The molecule has 3 atom stereocenters. The van der Waals surface area contributed by atoms with E-state index in [1.54, 1.807) is 12.1 Å². The predicted molar refractivity (Wildman–Crippen MR) is 53.7 cm³/mol. The molecular formula is C12H14FN. The first-order valence-corrected chi connectivity index (χ1v) is 5.32. The van der Waals surface area contributed by atoms with Crippen molar-refractivity contribution in [1.82, 2.24) is 5.32 Å². The lowest BCUT2D eigenvalue weighted by atomic mass is 9.88. The van der Waals surface area contributed by atoms with Crippen molar-refractivity contribution in [2.24, 2.45) is 5.92 Å². The molecule has 1 aromatic carbocycles. The van der Waals surface area contributed by atoms with Gasteiger partial charge in [0, 0.05) is 6.04 Å². The zero-order valence-electron chi connectivity index (χ0n) is 8.04. The van der Waals surface area contributed by atoms with Crippen LogP contribution in [0.25, 0.3) is 0 Å². The molecule has 1 N–H and O–H groups in total. The third-order valence-electron chi connectivity index (χ3n) is 3.66. The zero-order chi connectivity index (χ0) is 9.54. The number of halogens is 1. The Morgan fingerprint density at radius 1 is 1.14 bits per heavy atom. The van der Waals surface area contributed by atoms with Crippen molar-refractivity contribution in [2.45, 2.75) is 24.8 Å². The first-order chi connectivity index (χ1) is 6.83. The summed E-state index contributed by atoms with van der Waals surface area (Å²) in [5.74, 6) is 1.32. The maximum absolute atomic E-state index is 12.7. The average Bonchev–Trinajstić information content (AvgIpc) is 2.80. The number of rotatable bonds is 1. The quantitative estimate of drug-likeness (QED) is 0.718. The standard InChI is InChI=1S/C12H14FN/c13-10-3-1-8(2-4-10)12-6-11-5-9(12)7-14-11/h1-4,9,11-12,14H,5-7H2/t9-,11-,12-/m1/s1. The fourth-order valence-electron chi connectivity index (χ4n) is 2.95. The Morgan fingerprint density at radius 3 is 2.50 bits per heavy atom. The van der Waals surface area contributed by atoms with E-state index in [1.807, 2.05) is 12.1 Å². The summed E-state index contributed by atoms with van der Waals surface area (Å²) in [6, 6.07) is 7.76. The van der Waals surface area contributed by atoms with Gasteiger partial charge in [-0.25, -0.2) is 4.39 Å². The van der Waals surface area contributed by atoms with Gasteiger partial charge in [0.1, 0.15) is 5.82 Å². The Kier molecular flexibility index (Phi) is 1.84. The largest absolute Gasteiger partial charge is 0.314 e. The summed E-state index contributed by atoms with van der Waals surface area (Å²) in [5.41, 5.74) is 1.32. The topological polar surface area (TPSA) is 12.0 Å². The van der Waals surface area contributed by atoms with Gasteiger partial charge in [0.05, 0.1) is 0 Å². The molecule has 2 bridgehead atoms. The third kappa shape index (κ3) is 1.25. The van der Waals surface area contributed by atoms with Crippen molar-refractivity contribution in [1.29, 1.82) is 0 Å². The van der Waals surface area contributed by atoms with Crippen molar-refractivity contribution in [3.05, 3.63) is 35.6 Å². The summed E-state index contributed by atoms with van der Waals surface area (Å²) in [6.07, 6.45) is 2.54. The molecule has 0 aromatic heterocycles. The first kappa shape index (κ1) is 8.42.